The predicted octanol–water partition coefficient (Wildman–Crippen LogP) is 3.49. The number of nitrogens with one attached hydrogen (secondary N) is 1. The fourth-order valence-electron chi connectivity index (χ4n) is 1.97. The lowest BCUT2D eigenvalue weighted by Gasteiger charge is -2.23. The maximum absolute atomic E-state index is 12.3. The Morgan fingerprint density at radius 1 is 1.23 bits per heavy atom. The van der Waals surface area contributed by atoms with Crippen molar-refractivity contribution in [1.29, 1.82) is 0 Å². The van der Waals surface area contributed by atoms with Crippen molar-refractivity contribution >= 4 is 38.8 Å². The van der Waals surface area contributed by atoms with E-state index in [1.165, 1.54) is 11.3 Å². The zero-order valence-corrected chi connectivity index (χ0v) is 14.1. The molecule has 0 radical (unpaired) electrons. The maximum atomic E-state index is 12.3. The Morgan fingerprint density at radius 3 is 2.73 bits per heavy atom. The molecule has 0 spiro atoms. The maximum Gasteiger partial charge on any atom is 0.261 e. The average molecular weight is 331 g/mol. The summed E-state index contributed by atoms with van der Waals surface area (Å²) in [6.45, 7) is 4.22. The number of carbonyl (C=O) groups is 1. The Bertz CT molecular complexity index is 787. The van der Waals surface area contributed by atoms with E-state index in [4.69, 9.17) is 5.73 Å². The summed E-state index contributed by atoms with van der Waals surface area (Å²) in [7, 11) is 0. The molecule has 0 bridgehead atoms. The Balaban J connectivity index is 1.85. The zero-order chi connectivity index (χ0) is 15.7. The fourth-order valence-corrected chi connectivity index (χ4v) is 3.89. The zero-order valence-electron chi connectivity index (χ0n) is 12.4. The van der Waals surface area contributed by atoms with Crippen molar-refractivity contribution < 1.29 is 4.79 Å². The Hall–Kier alpha value is -1.76. The number of aromatic nitrogens is 1. The third-order valence-electron chi connectivity index (χ3n) is 3.30. The molecule has 0 atom stereocenters. The van der Waals surface area contributed by atoms with E-state index in [1.807, 2.05) is 44.2 Å². The lowest BCUT2D eigenvalue weighted by atomic mass is 10.1. The van der Waals surface area contributed by atoms with E-state index in [1.54, 1.807) is 11.3 Å². The van der Waals surface area contributed by atoms with E-state index in [0.717, 1.165) is 20.1 Å². The first-order valence-electron chi connectivity index (χ1n) is 6.97. The van der Waals surface area contributed by atoms with E-state index >= 15 is 0 Å². The van der Waals surface area contributed by atoms with Crippen molar-refractivity contribution in [2.24, 2.45) is 5.73 Å². The standard InChI is InChI=1S/C16H17N3OS2/c1-16(2,9-17)19-14(20)12-7-8-13(21-12)15-18-10-5-3-4-6-11(10)22-15/h3-8H,9,17H2,1-2H3,(H,19,20). The first kappa shape index (κ1) is 15.1. The Kier molecular flexibility index (Phi) is 3.99. The highest BCUT2D eigenvalue weighted by atomic mass is 32.1. The largest absolute Gasteiger partial charge is 0.345 e. The van der Waals surface area contributed by atoms with Crippen molar-refractivity contribution in [2.75, 3.05) is 6.54 Å². The van der Waals surface area contributed by atoms with Crippen molar-refractivity contribution in [3.05, 3.63) is 41.3 Å². The highest BCUT2D eigenvalue weighted by Gasteiger charge is 2.21. The lowest BCUT2D eigenvalue weighted by molar-refractivity contribution is 0.0920. The summed E-state index contributed by atoms with van der Waals surface area (Å²) in [6.07, 6.45) is 0. The molecule has 1 amide bonds. The molecule has 0 saturated carbocycles. The summed E-state index contributed by atoms with van der Waals surface area (Å²) in [5.41, 5.74) is 6.24. The summed E-state index contributed by atoms with van der Waals surface area (Å²) in [5, 5.41) is 3.89. The van der Waals surface area contributed by atoms with Gasteiger partial charge in [-0.1, -0.05) is 12.1 Å². The Morgan fingerprint density at radius 2 is 2.00 bits per heavy atom. The van der Waals surface area contributed by atoms with Crippen LogP contribution in [0.2, 0.25) is 0 Å². The minimum Gasteiger partial charge on any atom is -0.345 e. The van der Waals surface area contributed by atoms with Crippen molar-refractivity contribution in [3.63, 3.8) is 0 Å². The van der Waals surface area contributed by atoms with Crippen LogP contribution < -0.4 is 11.1 Å². The van der Waals surface area contributed by atoms with E-state index in [0.29, 0.717) is 11.4 Å². The number of thiophene rings is 1. The number of rotatable bonds is 4. The van der Waals surface area contributed by atoms with Crippen molar-refractivity contribution in [2.45, 2.75) is 19.4 Å². The number of benzene rings is 1. The van der Waals surface area contributed by atoms with Crippen LogP contribution in [0.5, 0.6) is 0 Å². The van der Waals surface area contributed by atoms with Gasteiger partial charge in [-0.15, -0.1) is 22.7 Å². The van der Waals surface area contributed by atoms with Gasteiger partial charge in [-0.05, 0) is 38.1 Å². The van der Waals surface area contributed by atoms with Gasteiger partial charge in [0.2, 0.25) is 0 Å². The second-order valence-electron chi connectivity index (χ2n) is 5.69. The topological polar surface area (TPSA) is 68.0 Å². The van der Waals surface area contributed by atoms with Crippen LogP contribution in [-0.2, 0) is 0 Å². The van der Waals surface area contributed by atoms with Crippen LogP contribution in [0.4, 0.5) is 0 Å². The number of hydrogen-bond acceptors (Lipinski definition) is 5. The fraction of sp³-hybridized carbons (Fsp3) is 0.250. The normalized spacial score (nSPS) is 11.8. The minimum absolute atomic E-state index is 0.0900. The highest BCUT2D eigenvalue weighted by molar-refractivity contribution is 7.26. The SMILES string of the molecule is CC(C)(CN)NC(=O)c1ccc(-c2nc3ccccc3s2)s1. The summed E-state index contributed by atoms with van der Waals surface area (Å²) in [6, 6.07) is 11.8. The summed E-state index contributed by atoms with van der Waals surface area (Å²) in [4.78, 5) is 18.6. The van der Waals surface area contributed by atoms with Gasteiger partial charge >= 0.3 is 0 Å². The van der Waals surface area contributed by atoms with Crippen LogP contribution in [0.1, 0.15) is 23.5 Å². The van der Waals surface area contributed by atoms with Gasteiger partial charge in [0.15, 0.2) is 0 Å². The summed E-state index contributed by atoms with van der Waals surface area (Å²) in [5.74, 6) is -0.0900. The van der Waals surface area contributed by atoms with Crippen LogP contribution in [0.3, 0.4) is 0 Å². The number of para-hydroxylation sites is 1. The molecule has 6 heteroatoms. The molecule has 3 aromatic rings. The second-order valence-corrected chi connectivity index (χ2v) is 7.81. The van der Waals surface area contributed by atoms with Gasteiger partial charge in [0.25, 0.3) is 5.91 Å². The predicted molar refractivity (Wildman–Crippen MR) is 93.5 cm³/mol. The highest BCUT2D eigenvalue weighted by Crippen LogP contribution is 2.34. The van der Waals surface area contributed by atoms with Gasteiger partial charge in [0.05, 0.1) is 20.0 Å². The number of hydrogen-bond donors (Lipinski definition) is 2. The smallest absolute Gasteiger partial charge is 0.261 e. The van der Waals surface area contributed by atoms with E-state index in [2.05, 4.69) is 16.4 Å². The van der Waals surface area contributed by atoms with Gasteiger partial charge in [0.1, 0.15) is 5.01 Å². The first-order valence-corrected chi connectivity index (χ1v) is 8.60. The molecule has 3 N–H and O–H groups in total. The number of amides is 1. The molecule has 22 heavy (non-hydrogen) atoms. The summed E-state index contributed by atoms with van der Waals surface area (Å²) < 4.78 is 1.15. The quantitative estimate of drug-likeness (QED) is 0.769. The van der Waals surface area contributed by atoms with E-state index in [9.17, 15) is 4.79 Å². The van der Waals surface area contributed by atoms with Crippen LogP contribution in [0.15, 0.2) is 36.4 Å². The third-order valence-corrected chi connectivity index (χ3v) is 5.59. The molecule has 114 valence electrons. The molecule has 0 aliphatic rings. The molecular formula is C16H17N3OS2. The van der Waals surface area contributed by atoms with Gasteiger partial charge < -0.3 is 11.1 Å². The van der Waals surface area contributed by atoms with Gasteiger partial charge in [-0.2, -0.15) is 0 Å². The molecule has 3 rings (SSSR count). The molecule has 1 aromatic carbocycles. The molecule has 0 saturated heterocycles. The lowest BCUT2D eigenvalue weighted by Crippen LogP contribution is -2.48. The number of thiazole rings is 1. The number of fused-ring (bicyclic) bond motifs is 1. The molecule has 2 heterocycles. The van der Waals surface area contributed by atoms with Crippen LogP contribution in [0, 0.1) is 0 Å². The first-order chi connectivity index (χ1) is 10.5. The number of nitrogens with zero attached hydrogens (tertiary/aromatic N) is 1. The average Bonchev–Trinajstić information content (AvgIpc) is 3.13. The van der Waals surface area contributed by atoms with Gasteiger partial charge in [-0.25, -0.2) is 4.98 Å². The number of carbonyl (C=O) groups excluding carboxylic acids is 1. The molecule has 2 aromatic heterocycles. The summed E-state index contributed by atoms with van der Waals surface area (Å²) >= 11 is 3.10. The van der Waals surface area contributed by atoms with Gasteiger partial charge in [-0.3, -0.25) is 4.79 Å². The molecule has 4 nitrogen and oxygen atoms in total. The third kappa shape index (κ3) is 3.04. The molecule has 0 aliphatic heterocycles. The Labute approximate surface area is 137 Å². The molecule has 0 fully saturated rings. The van der Waals surface area contributed by atoms with Crippen LogP contribution in [-0.4, -0.2) is 23.0 Å². The van der Waals surface area contributed by atoms with Crippen molar-refractivity contribution in [3.8, 4) is 9.88 Å². The number of nitrogens with two attached hydrogens (primary N) is 1. The monoisotopic (exact) mass is 331 g/mol. The van der Waals surface area contributed by atoms with Crippen LogP contribution >= 0.6 is 22.7 Å². The van der Waals surface area contributed by atoms with E-state index in [-0.39, 0.29) is 5.91 Å². The molecular weight excluding hydrogens is 314 g/mol. The minimum atomic E-state index is -0.406. The second kappa shape index (κ2) is 5.79. The van der Waals surface area contributed by atoms with Crippen LogP contribution in [0.25, 0.3) is 20.1 Å². The van der Waals surface area contributed by atoms with E-state index < -0.39 is 5.54 Å². The van der Waals surface area contributed by atoms with Gasteiger partial charge in [0, 0.05) is 12.1 Å². The molecule has 0 unspecified atom stereocenters. The molecule has 0 aliphatic carbocycles. The van der Waals surface area contributed by atoms with Crippen molar-refractivity contribution in [1.82, 2.24) is 10.3 Å².